The lowest BCUT2D eigenvalue weighted by Gasteiger charge is -2.33. The van der Waals surface area contributed by atoms with Crippen LogP contribution in [0.1, 0.15) is 60.9 Å². The van der Waals surface area contributed by atoms with Gasteiger partial charge >= 0.3 is 0 Å². The third kappa shape index (κ3) is 2.26. The van der Waals surface area contributed by atoms with Gasteiger partial charge in [0, 0.05) is 6.04 Å². The van der Waals surface area contributed by atoms with Crippen LogP contribution in [0.15, 0.2) is 12.1 Å². The lowest BCUT2D eigenvalue weighted by atomic mass is 9.76. The first-order valence-corrected chi connectivity index (χ1v) is 6.77. The topological polar surface area (TPSA) is 26.0 Å². The minimum atomic E-state index is 0.198. The fraction of sp³-hybridized carbons (Fsp3) is 0.625. The summed E-state index contributed by atoms with van der Waals surface area (Å²) < 4.78 is 0. The fourth-order valence-electron chi connectivity index (χ4n) is 3.19. The molecular formula is C16H25N. The maximum absolute atomic E-state index is 6.55. The molecule has 0 aromatic heterocycles. The molecule has 1 saturated carbocycles. The van der Waals surface area contributed by atoms with Gasteiger partial charge in [-0.3, -0.25) is 0 Å². The Kier molecular flexibility index (Phi) is 3.31. The van der Waals surface area contributed by atoms with Gasteiger partial charge in [0.1, 0.15) is 0 Å². The third-order valence-corrected chi connectivity index (χ3v) is 4.71. The highest BCUT2D eigenvalue weighted by molar-refractivity contribution is 5.39. The van der Waals surface area contributed by atoms with E-state index in [4.69, 9.17) is 5.73 Å². The average Bonchev–Trinajstić information content (AvgIpc) is 2.71. The van der Waals surface area contributed by atoms with Crippen LogP contribution in [0, 0.1) is 26.2 Å². The molecule has 0 bridgehead atoms. The van der Waals surface area contributed by atoms with Gasteiger partial charge in [-0.1, -0.05) is 31.9 Å². The number of nitrogens with two attached hydrogens (primary N) is 1. The summed E-state index contributed by atoms with van der Waals surface area (Å²) >= 11 is 0. The molecule has 0 saturated heterocycles. The Morgan fingerprint density at radius 2 is 1.53 bits per heavy atom. The van der Waals surface area contributed by atoms with Crippen molar-refractivity contribution < 1.29 is 0 Å². The Bertz CT molecular complexity index is 414. The Labute approximate surface area is 105 Å². The molecule has 1 nitrogen and oxygen atoms in total. The number of aryl methyl sites for hydroxylation is 3. The zero-order valence-electron chi connectivity index (χ0n) is 11.6. The van der Waals surface area contributed by atoms with Crippen molar-refractivity contribution in [3.63, 3.8) is 0 Å². The van der Waals surface area contributed by atoms with Crippen LogP contribution < -0.4 is 5.73 Å². The van der Waals surface area contributed by atoms with Gasteiger partial charge in [0.15, 0.2) is 0 Å². The molecule has 0 radical (unpaired) electrons. The predicted octanol–water partition coefficient (Wildman–Crippen LogP) is 4.19. The van der Waals surface area contributed by atoms with Gasteiger partial charge in [-0.15, -0.1) is 0 Å². The molecule has 0 heterocycles. The summed E-state index contributed by atoms with van der Waals surface area (Å²) in [4.78, 5) is 0. The van der Waals surface area contributed by atoms with Crippen molar-refractivity contribution in [3.05, 3.63) is 34.4 Å². The highest BCUT2D eigenvalue weighted by atomic mass is 14.7. The lowest BCUT2D eigenvalue weighted by molar-refractivity contribution is 0.264. The Morgan fingerprint density at radius 3 is 2.12 bits per heavy atom. The first-order chi connectivity index (χ1) is 7.94. The van der Waals surface area contributed by atoms with Crippen LogP contribution in [-0.4, -0.2) is 0 Å². The quantitative estimate of drug-likeness (QED) is 0.811. The van der Waals surface area contributed by atoms with Gasteiger partial charge in [-0.2, -0.15) is 0 Å². The van der Waals surface area contributed by atoms with E-state index in [0.29, 0.717) is 5.41 Å². The minimum Gasteiger partial charge on any atom is -0.323 e. The van der Waals surface area contributed by atoms with Gasteiger partial charge in [0.2, 0.25) is 0 Å². The average molecular weight is 231 g/mol. The van der Waals surface area contributed by atoms with Gasteiger partial charge in [-0.05, 0) is 61.3 Å². The second-order valence-electron chi connectivity index (χ2n) is 6.13. The second kappa shape index (κ2) is 4.45. The van der Waals surface area contributed by atoms with E-state index in [1.165, 1.54) is 47.9 Å². The van der Waals surface area contributed by atoms with Crippen molar-refractivity contribution in [2.75, 3.05) is 0 Å². The van der Waals surface area contributed by atoms with E-state index >= 15 is 0 Å². The molecule has 1 unspecified atom stereocenters. The van der Waals surface area contributed by atoms with Crippen molar-refractivity contribution in [1.82, 2.24) is 0 Å². The maximum atomic E-state index is 6.55. The molecule has 17 heavy (non-hydrogen) atoms. The Hall–Kier alpha value is -0.820. The first kappa shape index (κ1) is 12.6. The summed E-state index contributed by atoms with van der Waals surface area (Å²) in [5.74, 6) is 0. The van der Waals surface area contributed by atoms with E-state index in [1.807, 2.05) is 0 Å². The van der Waals surface area contributed by atoms with Crippen LogP contribution in [0.5, 0.6) is 0 Å². The summed E-state index contributed by atoms with van der Waals surface area (Å²) in [6, 6.07) is 4.78. The molecule has 1 heteroatoms. The van der Waals surface area contributed by atoms with Crippen molar-refractivity contribution in [3.8, 4) is 0 Å². The van der Waals surface area contributed by atoms with E-state index in [1.54, 1.807) is 0 Å². The van der Waals surface area contributed by atoms with Crippen LogP contribution in [0.4, 0.5) is 0 Å². The van der Waals surface area contributed by atoms with Gasteiger partial charge in [0.25, 0.3) is 0 Å². The number of rotatable bonds is 2. The van der Waals surface area contributed by atoms with Crippen LogP contribution in [0.2, 0.25) is 0 Å². The maximum Gasteiger partial charge on any atom is 0.0352 e. The molecule has 2 rings (SSSR count). The Morgan fingerprint density at radius 1 is 1.00 bits per heavy atom. The van der Waals surface area contributed by atoms with E-state index in [-0.39, 0.29) is 6.04 Å². The highest BCUT2D eigenvalue weighted by Gasteiger charge is 2.36. The monoisotopic (exact) mass is 231 g/mol. The largest absolute Gasteiger partial charge is 0.323 e. The molecule has 1 aromatic rings. The molecule has 0 aliphatic heterocycles. The molecular weight excluding hydrogens is 206 g/mol. The summed E-state index contributed by atoms with van der Waals surface area (Å²) in [5.41, 5.74) is 12.3. The van der Waals surface area contributed by atoms with Crippen molar-refractivity contribution in [2.24, 2.45) is 11.1 Å². The van der Waals surface area contributed by atoms with Gasteiger partial charge in [0.05, 0.1) is 0 Å². The summed E-state index contributed by atoms with van der Waals surface area (Å²) in [5, 5.41) is 0. The molecule has 0 amide bonds. The number of hydrogen-bond donors (Lipinski definition) is 1. The number of benzene rings is 1. The smallest absolute Gasteiger partial charge is 0.0352 e. The van der Waals surface area contributed by atoms with Crippen LogP contribution >= 0.6 is 0 Å². The zero-order chi connectivity index (χ0) is 12.6. The first-order valence-electron chi connectivity index (χ1n) is 6.77. The molecule has 1 atom stereocenters. The van der Waals surface area contributed by atoms with Crippen LogP contribution in [0.25, 0.3) is 0 Å². The van der Waals surface area contributed by atoms with E-state index in [9.17, 15) is 0 Å². The van der Waals surface area contributed by atoms with Crippen molar-refractivity contribution in [1.29, 1.82) is 0 Å². The number of hydrogen-bond acceptors (Lipinski definition) is 1. The van der Waals surface area contributed by atoms with E-state index in [2.05, 4.69) is 39.8 Å². The molecule has 1 aliphatic carbocycles. The van der Waals surface area contributed by atoms with E-state index in [0.717, 1.165) is 0 Å². The SMILES string of the molecule is Cc1cc(C)c(C(N)C2(C)CCCC2)cc1C. The molecule has 1 fully saturated rings. The van der Waals surface area contributed by atoms with Crippen molar-refractivity contribution >= 4 is 0 Å². The molecule has 94 valence electrons. The van der Waals surface area contributed by atoms with Crippen molar-refractivity contribution in [2.45, 2.75) is 59.4 Å². The molecule has 1 aromatic carbocycles. The normalized spacial score (nSPS) is 20.5. The summed E-state index contributed by atoms with van der Waals surface area (Å²) in [6.45, 7) is 8.91. The minimum absolute atomic E-state index is 0.198. The molecule has 1 aliphatic rings. The lowest BCUT2D eigenvalue weighted by Crippen LogP contribution is -2.30. The van der Waals surface area contributed by atoms with Crippen LogP contribution in [-0.2, 0) is 0 Å². The van der Waals surface area contributed by atoms with Crippen LogP contribution in [0.3, 0.4) is 0 Å². The third-order valence-electron chi connectivity index (χ3n) is 4.71. The highest BCUT2D eigenvalue weighted by Crippen LogP contribution is 2.46. The van der Waals surface area contributed by atoms with E-state index < -0.39 is 0 Å². The van der Waals surface area contributed by atoms with Gasteiger partial charge < -0.3 is 5.73 Å². The Balaban J connectivity index is 2.36. The molecule has 0 spiro atoms. The second-order valence-corrected chi connectivity index (χ2v) is 6.13. The predicted molar refractivity (Wildman–Crippen MR) is 74.2 cm³/mol. The summed E-state index contributed by atoms with van der Waals surface area (Å²) in [7, 11) is 0. The summed E-state index contributed by atoms with van der Waals surface area (Å²) in [6.07, 6.45) is 5.24. The fourth-order valence-corrected chi connectivity index (χ4v) is 3.19. The molecule has 2 N–H and O–H groups in total. The zero-order valence-corrected chi connectivity index (χ0v) is 11.6. The standard InChI is InChI=1S/C16H25N/c1-11-9-13(3)14(10-12(11)2)15(17)16(4)7-5-6-8-16/h9-10,15H,5-8,17H2,1-4H3. The van der Waals surface area contributed by atoms with Gasteiger partial charge in [-0.25, -0.2) is 0 Å².